The van der Waals surface area contributed by atoms with Crippen LogP contribution in [0.4, 0.5) is 0 Å². The van der Waals surface area contributed by atoms with Crippen LogP contribution in [0.25, 0.3) is 0 Å². The third-order valence-corrected chi connectivity index (χ3v) is 6.63. The van der Waals surface area contributed by atoms with Crippen molar-refractivity contribution in [2.75, 3.05) is 52.9 Å². The summed E-state index contributed by atoms with van der Waals surface area (Å²) in [6.45, 7) is 7.80. The number of benzene rings is 1. The zero-order valence-electron chi connectivity index (χ0n) is 15.8. The number of likely N-dealkylation sites (N-methyl/N-ethyl adjacent to an activating group) is 1. The molecule has 146 valence electrons. The number of rotatable bonds is 7. The van der Waals surface area contributed by atoms with Gasteiger partial charge in [0.05, 0.1) is 18.6 Å². The largest absolute Gasteiger partial charge is 0.497 e. The minimum atomic E-state index is -3.53. The summed E-state index contributed by atoms with van der Waals surface area (Å²) in [5.41, 5.74) is 0. The topological polar surface area (TPSA) is 70.2 Å². The van der Waals surface area contributed by atoms with E-state index in [1.807, 2.05) is 18.7 Å². The number of hydrogen-bond donors (Lipinski definition) is 0. The molecule has 0 bridgehead atoms. The van der Waals surface area contributed by atoms with Gasteiger partial charge in [0, 0.05) is 32.7 Å². The van der Waals surface area contributed by atoms with E-state index >= 15 is 0 Å². The van der Waals surface area contributed by atoms with Crippen molar-refractivity contribution in [3.63, 3.8) is 0 Å². The first-order valence-electron chi connectivity index (χ1n) is 9.06. The number of methoxy groups -OCH3 is 1. The molecule has 1 aliphatic heterocycles. The number of carbonyl (C=O) groups excluding carboxylic acids is 1. The van der Waals surface area contributed by atoms with Crippen LogP contribution in [0.1, 0.15) is 20.3 Å². The summed E-state index contributed by atoms with van der Waals surface area (Å²) in [7, 11) is -1.98. The lowest BCUT2D eigenvalue weighted by atomic mass is 10.3. The van der Waals surface area contributed by atoms with Crippen molar-refractivity contribution >= 4 is 15.9 Å². The molecular weight excluding hydrogens is 354 g/mol. The third-order valence-electron chi connectivity index (χ3n) is 4.72. The summed E-state index contributed by atoms with van der Waals surface area (Å²) in [6, 6.07) is 6.45. The molecule has 0 radical (unpaired) electrons. The first kappa shape index (κ1) is 20.7. The van der Waals surface area contributed by atoms with E-state index in [1.165, 1.54) is 4.31 Å². The van der Waals surface area contributed by atoms with Crippen LogP contribution >= 0.6 is 0 Å². The Morgan fingerprint density at radius 1 is 1.08 bits per heavy atom. The Bertz CT molecular complexity index is 687. The molecule has 1 aliphatic rings. The average molecular weight is 384 g/mol. The van der Waals surface area contributed by atoms with Crippen LogP contribution in [-0.2, 0) is 14.8 Å². The predicted molar refractivity (Wildman–Crippen MR) is 101 cm³/mol. The highest BCUT2D eigenvalue weighted by molar-refractivity contribution is 7.89. The van der Waals surface area contributed by atoms with Crippen LogP contribution in [-0.4, -0.2) is 81.4 Å². The first-order chi connectivity index (χ1) is 12.4. The Hall–Kier alpha value is -1.64. The molecule has 0 aliphatic carbocycles. The summed E-state index contributed by atoms with van der Waals surface area (Å²) >= 11 is 0. The predicted octanol–water partition coefficient (Wildman–Crippen LogP) is 1.26. The zero-order valence-corrected chi connectivity index (χ0v) is 16.7. The highest BCUT2D eigenvalue weighted by atomic mass is 32.2. The second-order valence-corrected chi connectivity index (χ2v) is 8.21. The van der Waals surface area contributed by atoms with Gasteiger partial charge < -0.3 is 9.64 Å². The molecule has 0 atom stereocenters. The Balaban J connectivity index is 2.01. The molecule has 1 amide bonds. The van der Waals surface area contributed by atoms with Gasteiger partial charge in [-0.1, -0.05) is 0 Å². The van der Waals surface area contributed by atoms with E-state index in [0.717, 1.165) is 6.54 Å². The molecule has 1 aromatic rings. The molecule has 7 nitrogen and oxygen atoms in total. The van der Waals surface area contributed by atoms with E-state index in [9.17, 15) is 13.2 Å². The standard InChI is InChI=1S/C18H29N3O4S/c1-4-20(5-2)18(22)15-19-11-6-12-21(14-13-19)26(23,24)17-9-7-16(25-3)8-10-17/h7-10H,4-6,11-15H2,1-3H3. The summed E-state index contributed by atoms with van der Waals surface area (Å²) in [4.78, 5) is 16.4. The molecular formula is C18H29N3O4S. The number of hydrogen-bond acceptors (Lipinski definition) is 5. The number of ether oxygens (including phenoxy) is 1. The van der Waals surface area contributed by atoms with Crippen molar-refractivity contribution in [1.29, 1.82) is 0 Å². The zero-order chi connectivity index (χ0) is 19.2. The Kier molecular flexibility index (Phi) is 7.43. The molecule has 0 spiro atoms. The Labute approximate surface area is 156 Å². The minimum absolute atomic E-state index is 0.0986. The van der Waals surface area contributed by atoms with Gasteiger partial charge in [-0.05, 0) is 51.1 Å². The van der Waals surface area contributed by atoms with Gasteiger partial charge in [0.15, 0.2) is 0 Å². The van der Waals surface area contributed by atoms with Crippen LogP contribution in [0.5, 0.6) is 5.75 Å². The van der Waals surface area contributed by atoms with Crippen LogP contribution in [0.15, 0.2) is 29.2 Å². The summed E-state index contributed by atoms with van der Waals surface area (Å²) in [6.07, 6.45) is 0.709. The van der Waals surface area contributed by atoms with Crippen LogP contribution < -0.4 is 4.74 Å². The van der Waals surface area contributed by atoms with E-state index in [0.29, 0.717) is 51.4 Å². The lowest BCUT2D eigenvalue weighted by molar-refractivity contribution is -0.132. The average Bonchev–Trinajstić information content (AvgIpc) is 2.89. The summed E-state index contributed by atoms with van der Waals surface area (Å²) < 4.78 is 32.3. The maximum absolute atomic E-state index is 12.9. The van der Waals surface area contributed by atoms with Gasteiger partial charge in [0.25, 0.3) is 0 Å². The Morgan fingerprint density at radius 2 is 1.73 bits per heavy atom. The van der Waals surface area contributed by atoms with Crippen LogP contribution in [0.3, 0.4) is 0 Å². The van der Waals surface area contributed by atoms with E-state index in [-0.39, 0.29) is 10.8 Å². The van der Waals surface area contributed by atoms with Crippen molar-refractivity contribution in [2.24, 2.45) is 0 Å². The summed E-state index contributed by atoms with van der Waals surface area (Å²) in [5, 5.41) is 0. The lowest BCUT2D eigenvalue weighted by Gasteiger charge is -2.25. The number of nitrogens with zero attached hydrogens (tertiary/aromatic N) is 3. The molecule has 8 heteroatoms. The molecule has 1 aromatic carbocycles. The van der Waals surface area contributed by atoms with Gasteiger partial charge in [-0.15, -0.1) is 0 Å². The molecule has 0 aromatic heterocycles. The molecule has 0 saturated carbocycles. The number of sulfonamides is 1. The van der Waals surface area contributed by atoms with E-state index in [4.69, 9.17) is 4.74 Å². The molecule has 1 fully saturated rings. The maximum atomic E-state index is 12.9. The van der Waals surface area contributed by atoms with Crippen molar-refractivity contribution < 1.29 is 17.9 Å². The summed E-state index contributed by atoms with van der Waals surface area (Å²) in [5.74, 6) is 0.724. The molecule has 2 rings (SSSR count). The minimum Gasteiger partial charge on any atom is -0.497 e. The van der Waals surface area contributed by atoms with Gasteiger partial charge in [-0.25, -0.2) is 8.42 Å². The van der Waals surface area contributed by atoms with E-state index in [1.54, 1.807) is 36.3 Å². The van der Waals surface area contributed by atoms with Crippen molar-refractivity contribution in [2.45, 2.75) is 25.2 Å². The SMILES string of the molecule is CCN(CC)C(=O)CN1CCCN(S(=O)(=O)c2ccc(OC)cc2)CC1. The quantitative estimate of drug-likeness (QED) is 0.709. The molecule has 0 N–H and O–H groups in total. The van der Waals surface area contributed by atoms with E-state index in [2.05, 4.69) is 0 Å². The fourth-order valence-electron chi connectivity index (χ4n) is 3.11. The van der Waals surface area contributed by atoms with Crippen molar-refractivity contribution in [3.8, 4) is 5.75 Å². The lowest BCUT2D eigenvalue weighted by Crippen LogP contribution is -2.42. The van der Waals surface area contributed by atoms with Gasteiger partial charge >= 0.3 is 0 Å². The highest BCUT2D eigenvalue weighted by Gasteiger charge is 2.27. The Morgan fingerprint density at radius 3 is 2.31 bits per heavy atom. The van der Waals surface area contributed by atoms with E-state index < -0.39 is 10.0 Å². The smallest absolute Gasteiger partial charge is 0.243 e. The van der Waals surface area contributed by atoms with Crippen LogP contribution in [0.2, 0.25) is 0 Å². The second-order valence-electron chi connectivity index (χ2n) is 6.28. The van der Waals surface area contributed by atoms with Gasteiger partial charge in [-0.2, -0.15) is 4.31 Å². The van der Waals surface area contributed by atoms with Gasteiger partial charge in [-0.3, -0.25) is 9.69 Å². The monoisotopic (exact) mass is 383 g/mol. The van der Waals surface area contributed by atoms with Gasteiger partial charge in [0.1, 0.15) is 5.75 Å². The number of carbonyl (C=O) groups is 1. The molecule has 1 heterocycles. The molecule has 1 saturated heterocycles. The first-order valence-corrected chi connectivity index (χ1v) is 10.5. The maximum Gasteiger partial charge on any atom is 0.243 e. The number of amides is 1. The van der Waals surface area contributed by atoms with Crippen LogP contribution in [0, 0.1) is 0 Å². The molecule has 0 unspecified atom stereocenters. The normalized spacial score (nSPS) is 16.9. The third kappa shape index (κ3) is 4.96. The highest BCUT2D eigenvalue weighted by Crippen LogP contribution is 2.20. The van der Waals surface area contributed by atoms with Crippen molar-refractivity contribution in [1.82, 2.24) is 14.1 Å². The fraction of sp³-hybridized carbons (Fsp3) is 0.611. The second kappa shape index (κ2) is 9.34. The van der Waals surface area contributed by atoms with Gasteiger partial charge in [0.2, 0.25) is 15.9 Å². The van der Waals surface area contributed by atoms with Crippen molar-refractivity contribution in [3.05, 3.63) is 24.3 Å². The fourth-order valence-corrected chi connectivity index (χ4v) is 4.58. The molecule has 26 heavy (non-hydrogen) atoms.